The summed E-state index contributed by atoms with van der Waals surface area (Å²) in [5.41, 5.74) is 1.98. The molecule has 0 spiro atoms. The molecular formula is C15H21N3O. The minimum absolute atomic E-state index is 0.0165. The summed E-state index contributed by atoms with van der Waals surface area (Å²) in [5, 5.41) is 0. The zero-order chi connectivity index (χ0) is 13.2. The Hall–Kier alpha value is -1.55. The van der Waals surface area contributed by atoms with Crippen LogP contribution in [0.15, 0.2) is 29.1 Å². The first kappa shape index (κ1) is 12.5. The maximum Gasteiger partial charge on any atom is 0.326 e. The van der Waals surface area contributed by atoms with E-state index in [0.717, 1.165) is 30.7 Å². The molecule has 3 rings (SSSR count). The highest BCUT2D eigenvalue weighted by atomic mass is 16.1. The monoisotopic (exact) mass is 259 g/mol. The Balaban J connectivity index is 1.92. The summed E-state index contributed by atoms with van der Waals surface area (Å²) in [7, 11) is 0. The maximum absolute atomic E-state index is 12.1. The third-order valence-electron chi connectivity index (χ3n) is 4.23. The molecule has 4 nitrogen and oxygen atoms in total. The zero-order valence-corrected chi connectivity index (χ0v) is 11.4. The molecule has 0 bridgehead atoms. The lowest BCUT2D eigenvalue weighted by molar-refractivity contribution is 0.140. The number of likely N-dealkylation sites (N-methyl/N-ethyl adjacent to an activating group) is 1. The number of nitrogens with one attached hydrogen (secondary N) is 1. The van der Waals surface area contributed by atoms with Crippen molar-refractivity contribution in [3.8, 4) is 0 Å². The van der Waals surface area contributed by atoms with Crippen molar-refractivity contribution in [1.29, 1.82) is 0 Å². The molecule has 0 radical (unpaired) electrons. The van der Waals surface area contributed by atoms with Crippen molar-refractivity contribution in [2.75, 3.05) is 13.1 Å². The van der Waals surface area contributed by atoms with Gasteiger partial charge in [-0.15, -0.1) is 0 Å². The lowest BCUT2D eigenvalue weighted by Crippen LogP contribution is -2.43. The van der Waals surface area contributed by atoms with Crippen molar-refractivity contribution in [3.63, 3.8) is 0 Å². The number of nitrogens with zero attached hydrogens (tertiary/aromatic N) is 2. The van der Waals surface area contributed by atoms with E-state index in [2.05, 4.69) is 16.8 Å². The number of para-hydroxylation sites is 2. The second kappa shape index (κ2) is 5.21. The average Bonchev–Trinajstić information content (AvgIpc) is 2.76. The van der Waals surface area contributed by atoms with E-state index in [0.29, 0.717) is 6.04 Å². The van der Waals surface area contributed by atoms with Gasteiger partial charge in [-0.1, -0.05) is 25.5 Å². The van der Waals surface area contributed by atoms with Crippen molar-refractivity contribution >= 4 is 11.0 Å². The largest absolute Gasteiger partial charge is 0.326 e. The smallest absolute Gasteiger partial charge is 0.306 e. The van der Waals surface area contributed by atoms with E-state index in [1.165, 1.54) is 19.3 Å². The third-order valence-corrected chi connectivity index (χ3v) is 4.23. The Morgan fingerprint density at radius 3 is 3.00 bits per heavy atom. The van der Waals surface area contributed by atoms with Crippen molar-refractivity contribution < 1.29 is 0 Å². The topological polar surface area (TPSA) is 41.0 Å². The van der Waals surface area contributed by atoms with Crippen LogP contribution in [0.3, 0.4) is 0 Å². The van der Waals surface area contributed by atoms with E-state index in [4.69, 9.17) is 0 Å². The fourth-order valence-electron chi connectivity index (χ4n) is 3.18. The van der Waals surface area contributed by atoms with E-state index in [9.17, 15) is 4.79 Å². The first-order valence-corrected chi connectivity index (χ1v) is 7.21. The number of hydrogen-bond acceptors (Lipinski definition) is 2. The number of hydrogen-bond donors (Lipinski definition) is 1. The zero-order valence-electron chi connectivity index (χ0n) is 11.4. The van der Waals surface area contributed by atoms with E-state index >= 15 is 0 Å². The molecule has 0 saturated carbocycles. The van der Waals surface area contributed by atoms with E-state index in [1.807, 2.05) is 28.8 Å². The van der Waals surface area contributed by atoms with E-state index in [-0.39, 0.29) is 5.69 Å². The number of fused-ring (bicyclic) bond motifs is 1. The van der Waals surface area contributed by atoms with Gasteiger partial charge in [0.25, 0.3) is 0 Å². The lowest BCUT2D eigenvalue weighted by atomic mass is 10.0. The first-order valence-electron chi connectivity index (χ1n) is 7.21. The number of imidazole rings is 1. The molecule has 0 aliphatic carbocycles. The van der Waals surface area contributed by atoms with Gasteiger partial charge in [-0.25, -0.2) is 4.79 Å². The molecule has 1 fully saturated rings. The Morgan fingerprint density at radius 2 is 2.16 bits per heavy atom. The Bertz CT molecular complexity index is 613. The van der Waals surface area contributed by atoms with Crippen molar-refractivity contribution in [3.05, 3.63) is 34.7 Å². The second-order valence-corrected chi connectivity index (χ2v) is 5.34. The molecule has 1 aliphatic rings. The van der Waals surface area contributed by atoms with Crippen LogP contribution in [0.4, 0.5) is 0 Å². The highest BCUT2D eigenvalue weighted by Crippen LogP contribution is 2.19. The first-order chi connectivity index (χ1) is 9.29. The van der Waals surface area contributed by atoms with Crippen LogP contribution >= 0.6 is 0 Å². The molecule has 19 heavy (non-hydrogen) atoms. The van der Waals surface area contributed by atoms with E-state index in [1.54, 1.807) is 0 Å². The minimum atomic E-state index is 0.0165. The van der Waals surface area contributed by atoms with Crippen LogP contribution in [0.25, 0.3) is 11.0 Å². The van der Waals surface area contributed by atoms with Crippen LogP contribution < -0.4 is 5.69 Å². The van der Waals surface area contributed by atoms with Crippen LogP contribution in [0.5, 0.6) is 0 Å². The van der Waals surface area contributed by atoms with Gasteiger partial charge < -0.3 is 4.98 Å². The Kier molecular flexibility index (Phi) is 3.42. The summed E-state index contributed by atoms with van der Waals surface area (Å²) in [6, 6.07) is 8.43. The summed E-state index contributed by atoms with van der Waals surface area (Å²) in [6.45, 7) is 5.24. The van der Waals surface area contributed by atoms with Gasteiger partial charge in [0.1, 0.15) is 0 Å². The SMILES string of the molecule is CCN1CCCCC1Cn1c(=O)[nH]c2ccccc21. The lowest BCUT2D eigenvalue weighted by Gasteiger charge is -2.34. The van der Waals surface area contributed by atoms with Gasteiger partial charge in [-0.2, -0.15) is 0 Å². The number of likely N-dealkylation sites (tertiary alicyclic amines) is 1. The molecule has 1 atom stereocenters. The molecule has 1 aromatic heterocycles. The summed E-state index contributed by atoms with van der Waals surface area (Å²) in [4.78, 5) is 17.5. The number of H-pyrrole nitrogens is 1. The van der Waals surface area contributed by atoms with E-state index < -0.39 is 0 Å². The van der Waals surface area contributed by atoms with Crippen LogP contribution in [0.1, 0.15) is 26.2 Å². The van der Waals surface area contributed by atoms with Gasteiger partial charge in [0.15, 0.2) is 0 Å². The summed E-state index contributed by atoms with van der Waals surface area (Å²) in [6.07, 6.45) is 3.76. The molecule has 4 heteroatoms. The van der Waals surface area contributed by atoms with Gasteiger partial charge in [-0.3, -0.25) is 9.47 Å². The van der Waals surface area contributed by atoms with Crippen molar-refractivity contribution in [2.45, 2.75) is 38.8 Å². The minimum Gasteiger partial charge on any atom is -0.306 e. The molecule has 1 N–H and O–H groups in total. The fraction of sp³-hybridized carbons (Fsp3) is 0.533. The van der Waals surface area contributed by atoms with Crippen molar-refractivity contribution in [1.82, 2.24) is 14.5 Å². The van der Waals surface area contributed by atoms with Gasteiger partial charge in [0.2, 0.25) is 0 Å². The normalized spacial score (nSPS) is 21.0. The highest BCUT2D eigenvalue weighted by Gasteiger charge is 2.22. The Labute approximate surface area is 113 Å². The van der Waals surface area contributed by atoms with Crippen LogP contribution in [-0.2, 0) is 6.54 Å². The molecule has 1 saturated heterocycles. The van der Waals surface area contributed by atoms with Crippen LogP contribution in [0.2, 0.25) is 0 Å². The predicted molar refractivity (Wildman–Crippen MR) is 77.4 cm³/mol. The summed E-state index contributed by atoms with van der Waals surface area (Å²) >= 11 is 0. The number of rotatable bonds is 3. The molecule has 1 aliphatic heterocycles. The average molecular weight is 259 g/mol. The number of aromatic nitrogens is 2. The second-order valence-electron chi connectivity index (χ2n) is 5.34. The van der Waals surface area contributed by atoms with Gasteiger partial charge in [0, 0.05) is 12.6 Å². The number of benzene rings is 1. The molecule has 1 unspecified atom stereocenters. The maximum atomic E-state index is 12.1. The highest BCUT2D eigenvalue weighted by molar-refractivity contribution is 5.74. The molecule has 2 aromatic rings. The molecule has 102 valence electrons. The quantitative estimate of drug-likeness (QED) is 0.918. The fourth-order valence-corrected chi connectivity index (χ4v) is 3.18. The van der Waals surface area contributed by atoms with Crippen molar-refractivity contribution in [2.24, 2.45) is 0 Å². The standard InChI is InChI=1S/C15H21N3O/c1-2-17-10-6-5-7-12(17)11-18-14-9-4-3-8-13(14)16-15(18)19/h3-4,8-9,12H,2,5-7,10-11H2,1H3,(H,16,19). The molecule has 0 amide bonds. The van der Waals surface area contributed by atoms with Crippen LogP contribution in [0, 0.1) is 0 Å². The predicted octanol–water partition coefficient (Wildman–Crippen LogP) is 2.20. The van der Waals surface area contributed by atoms with Crippen LogP contribution in [-0.4, -0.2) is 33.6 Å². The van der Waals surface area contributed by atoms with Gasteiger partial charge in [-0.05, 0) is 38.1 Å². The number of piperidine rings is 1. The Morgan fingerprint density at radius 1 is 1.32 bits per heavy atom. The molecular weight excluding hydrogens is 238 g/mol. The molecule has 2 heterocycles. The summed E-state index contributed by atoms with van der Waals surface area (Å²) in [5.74, 6) is 0. The van der Waals surface area contributed by atoms with Gasteiger partial charge in [0.05, 0.1) is 11.0 Å². The molecule has 1 aromatic carbocycles. The van der Waals surface area contributed by atoms with Gasteiger partial charge >= 0.3 is 5.69 Å². The summed E-state index contributed by atoms with van der Waals surface area (Å²) < 4.78 is 1.90. The third kappa shape index (κ3) is 2.32. The number of aromatic amines is 1.